The van der Waals surface area contributed by atoms with Gasteiger partial charge in [0.2, 0.25) is 0 Å². The minimum atomic E-state index is -0.634. The van der Waals surface area contributed by atoms with E-state index in [0.717, 1.165) is 9.64 Å². The molecule has 0 saturated carbocycles. The van der Waals surface area contributed by atoms with Crippen LogP contribution in [0.4, 0.5) is 11.4 Å². The van der Waals surface area contributed by atoms with Crippen LogP contribution >= 0.6 is 45.8 Å². The average molecular weight is 437 g/mol. The predicted molar refractivity (Wildman–Crippen MR) is 90.2 cm³/mol. The lowest BCUT2D eigenvalue weighted by Gasteiger charge is -2.08. The Morgan fingerprint density at radius 3 is 2.52 bits per heavy atom. The van der Waals surface area contributed by atoms with Gasteiger partial charge in [0.05, 0.1) is 10.6 Å². The first-order chi connectivity index (χ1) is 9.88. The fraction of sp³-hybridized carbons (Fsp3) is 0. The van der Waals surface area contributed by atoms with Gasteiger partial charge in [0.1, 0.15) is 5.02 Å². The maximum absolute atomic E-state index is 12.1. The van der Waals surface area contributed by atoms with Crippen molar-refractivity contribution in [2.45, 2.75) is 0 Å². The summed E-state index contributed by atoms with van der Waals surface area (Å²) in [5, 5.41) is 14.0. The third-order valence-corrected chi connectivity index (χ3v) is 4.03. The van der Waals surface area contributed by atoms with Gasteiger partial charge < -0.3 is 5.32 Å². The molecule has 0 aliphatic heterocycles. The average Bonchev–Trinajstić information content (AvgIpc) is 2.42. The lowest BCUT2D eigenvalue weighted by atomic mass is 10.2. The molecule has 2 rings (SSSR count). The molecule has 0 bridgehead atoms. The van der Waals surface area contributed by atoms with Crippen molar-refractivity contribution in [2.75, 3.05) is 5.32 Å². The van der Waals surface area contributed by atoms with Gasteiger partial charge in [-0.1, -0.05) is 23.2 Å². The van der Waals surface area contributed by atoms with E-state index in [4.69, 9.17) is 23.2 Å². The molecule has 2 aromatic carbocycles. The number of halogens is 3. The normalized spacial score (nSPS) is 10.2. The van der Waals surface area contributed by atoms with Crippen LogP contribution < -0.4 is 5.32 Å². The molecule has 0 fully saturated rings. The number of rotatable bonds is 3. The summed E-state index contributed by atoms with van der Waals surface area (Å²) in [5.74, 6) is -0.463. The number of carbonyl (C=O) groups is 1. The van der Waals surface area contributed by atoms with Crippen LogP contribution in [0, 0.1) is 13.7 Å². The van der Waals surface area contributed by atoms with E-state index >= 15 is 0 Å². The molecule has 0 atom stereocenters. The molecule has 108 valence electrons. The standard InChI is InChI=1S/C13H7Cl2IN2O3/c14-8-2-4-11(10(16)6-8)17-13(19)7-1-3-9(15)12(5-7)18(20)21/h1-6H,(H,17,19). The smallest absolute Gasteiger partial charge is 0.288 e. The number of hydrogen-bond donors (Lipinski definition) is 1. The van der Waals surface area contributed by atoms with Crippen LogP contribution in [0.1, 0.15) is 10.4 Å². The second-order valence-corrected chi connectivity index (χ2v) is 6.01. The molecule has 1 N–H and O–H groups in total. The van der Waals surface area contributed by atoms with Crippen molar-refractivity contribution in [1.29, 1.82) is 0 Å². The number of nitrogens with one attached hydrogen (secondary N) is 1. The van der Waals surface area contributed by atoms with Gasteiger partial charge in [0.25, 0.3) is 11.6 Å². The molecule has 21 heavy (non-hydrogen) atoms. The van der Waals surface area contributed by atoms with Crippen LogP contribution in [0.2, 0.25) is 10.0 Å². The first-order valence-electron chi connectivity index (χ1n) is 5.59. The van der Waals surface area contributed by atoms with Gasteiger partial charge >= 0.3 is 0 Å². The van der Waals surface area contributed by atoms with Crippen molar-refractivity contribution < 1.29 is 9.72 Å². The highest BCUT2D eigenvalue weighted by Gasteiger charge is 2.16. The highest BCUT2D eigenvalue weighted by atomic mass is 127. The Hall–Kier alpha value is -1.38. The molecule has 0 saturated heterocycles. The summed E-state index contributed by atoms with van der Waals surface area (Å²) in [6.45, 7) is 0. The van der Waals surface area contributed by atoms with Gasteiger partial charge in [-0.15, -0.1) is 0 Å². The van der Waals surface area contributed by atoms with E-state index in [1.54, 1.807) is 18.2 Å². The largest absolute Gasteiger partial charge is 0.321 e. The second-order valence-electron chi connectivity index (χ2n) is 4.00. The van der Waals surface area contributed by atoms with Crippen LogP contribution in [0.15, 0.2) is 36.4 Å². The number of benzene rings is 2. The van der Waals surface area contributed by atoms with Gasteiger partial charge in [-0.05, 0) is 52.9 Å². The molecule has 0 aliphatic rings. The Morgan fingerprint density at radius 2 is 1.90 bits per heavy atom. The number of anilines is 1. The monoisotopic (exact) mass is 436 g/mol. The van der Waals surface area contributed by atoms with Crippen molar-refractivity contribution >= 4 is 63.1 Å². The number of nitro groups is 1. The summed E-state index contributed by atoms with van der Waals surface area (Å²) >= 11 is 13.6. The molecular weight excluding hydrogens is 430 g/mol. The Balaban J connectivity index is 2.28. The molecule has 0 heterocycles. The van der Waals surface area contributed by atoms with E-state index in [1.165, 1.54) is 12.1 Å². The fourth-order valence-corrected chi connectivity index (χ4v) is 2.77. The van der Waals surface area contributed by atoms with Crippen LogP contribution in [0.25, 0.3) is 0 Å². The van der Waals surface area contributed by atoms with E-state index in [0.29, 0.717) is 10.7 Å². The number of nitrogens with zero attached hydrogens (tertiary/aromatic N) is 1. The van der Waals surface area contributed by atoms with Crippen molar-refractivity contribution in [3.05, 3.63) is 65.7 Å². The highest BCUT2D eigenvalue weighted by Crippen LogP contribution is 2.26. The summed E-state index contributed by atoms with van der Waals surface area (Å²) < 4.78 is 0.761. The number of nitro benzene ring substituents is 1. The first-order valence-corrected chi connectivity index (χ1v) is 7.42. The first kappa shape index (κ1) is 16.0. The Labute approximate surface area is 143 Å². The highest BCUT2D eigenvalue weighted by molar-refractivity contribution is 14.1. The van der Waals surface area contributed by atoms with Crippen LogP contribution in [0.5, 0.6) is 0 Å². The molecule has 0 aromatic heterocycles. The third-order valence-electron chi connectivity index (χ3n) is 2.58. The summed E-state index contributed by atoms with van der Waals surface area (Å²) in [6.07, 6.45) is 0. The van der Waals surface area contributed by atoms with Gasteiger partial charge in [0.15, 0.2) is 0 Å². The van der Waals surface area contributed by atoms with Gasteiger partial charge in [-0.2, -0.15) is 0 Å². The zero-order valence-electron chi connectivity index (χ0n) is 10.3. The number of hydrogen-bond acceptors (Lipinski definition) is 3. The molecule has 8 heteroatoms. The summed E-state index contributed by atoms with van der Waals surface area (Å²) in [5.41, 5.74) is 0.412. The van der Waals surface area contributed by atoms with Gasteiger partial charge in [-0.3, -0.25) is 14.9 Å². The lowest BCUT2D eigenvalue weighted by molar-refractivity contribution is -0.384. The Morgan fingerprint density at radius 1 is 1.19 bits per heavy atom. The van der Waals surface area contributed by atoms with E-state index < -0.39 is 10.8 Å². The Kier molecular flexibility index (Phi) is 5.02. The zero-order chi connectivity index (χ0) is 15.6. The fourth-order valence-electron chi connectivity index (χ4n) is 1.58. The van der Waals surface area contributed by atoms with E-state index in [9.17, 15) is 14.9 Å². The molecule has 2 aromatic rings. The van der Waals surface area contributed by atoms with E-state index in [1.807, 2.05) is 22.6 Å². The molecule has 0 spiro atoms. The molecular formula is C13H7Cl2IN2O3. The van der Waals surface area contributed by atoms with Crippen LogP contribution in [-0.2, 0) is 0 Å². The van der Waals surface area contributed by atoms with E-state index in [-0.39, 0.29) is 16.3 Å². The van der Waals surface area contributed by atoms with Gasteiger partial charge in [-0.25, -0.2) is 0 Å². The van der Waals surface area contributed by atoms with Crippen molar-refractivity contribution in [1.82, 2.24) is 0 Å². The lowest BCUT2D eigenvalue weighted by Crippen LogP contribution is -2.13. The maximum Gasteiger partial charge on any atom is 0.288 e. The second kappa shape index (κ2) is 6.59. The minimum Gasteiger partial charge on any atom is -0.321 e. The SMILES string of the molecule is O=C(Nc1ccc(Cl)cc1I)c1ccc(Cl)c([N+](=O)[O-])c1. The van der Waals surface area contributed by atoms with Crippen molar-refractivity contribution in [3.8, 4) is 0 Å². The van der Waals surface area contributed by atoms with Crippen molar-refractivity contribution in [2.24, 2.45) is 0 Å². The molecule has 0 radical (unpaired) electrons. The summed E-state index contributed by atoms with van der Waals surface area (Å²) in [6, 6.07) is 8.88. The molecule has 1 amide bonds. The molecule has 5 nitrogen and oxygen atoms in total. The zero-order valence-corrected chi connectivity index (χ0v) is 13.9. The third kappa shape index (κ3) is 3.84. The minimum absolute atomic E-state index is 0.0161. The topological polar surface area (TPSA) is 72.2 Å². The number of amides is 1. The van der Waals surface area contributed by atoms with Crippen LogP contribution in [0.3, 0.4) is 0 Å². The predicted octanol–water partition coefficient (Wildman–Crippen LogP) is 4.76. The van der Waals surface area contributed by atoms with E-state index in [2.05, 4.69) is 5.32 Å². The van der Waals surface area contributed by atoms with Gasteiger partial charge in [0, 0.05) is 20.2 Å². The quantitative estimate of drug-likeness (QED) is 0.428. The summed E-state index contributed by atoms with van der Waals surface area (Å²) in [4.78, 5) is 22.3. The summed E-state index contributed by atoms with van der Waals surface area (Å²) in [7, 11) is 0. The van der Waals surface area contributed by atoms with Crippen molar-refractivity contribution in [3.63, 3.8) is 0 Å². The number of carbonyl (C=O) groups excluding carboxylic acids is 1. The molecule has 0 aliphatic carbocycles. The van der Waals surface area contributed by atoms with Crippen LogP contribution in [-0.4, -0.2) is 10.8 Å². The Bertz CT molecular complexity index is 737. The molecule has 0 unspecified atom stereocenters. The maximum atomic E-state index is 12.1.